The van der Waals surface area contributed by atoms with E-state index in [1.54, 1.807) is 0 Å². The summed E-state index contributed by atoms with van der Waals surface area (Å²) in [6, 6.07) is 4.54. The number of aromatic hydroxyl groups is 1. The van der Waals surface area contributed by atoms with Crippen LogP contribution in [-0.4, -0.2) is 58.2 Å². The van der Waals surface area contributed by atoms with Crippen LogP contribution in [0, 0.1) is 34.0 Å². The molecule has 0 amide bonds. The summed E-state index contributed by atoms with van der Waals surface area (Å²) < 4.78 is 14.1. The van der Waals surface area contributed by atoms with Crippen molar-refractivity contribution < 1.29 is 19.7 Å². The smallest absolute Gasteiger partial charge is 0.166 e. The summed E-state index contributed by atoms with van der Waals surface area (Å²) in [5.74, 6) is 2.93. The van der Waals surface area contributed by atoms with Gasteiger partial charge in [-0.15, -0.1) is 0 Å². The van der Waals surface area contributed by atoms with E-state index in [4.69, 9.17) is 9.47 Å². The Hall–Kier alpha value is -1.30. The van der Waals surface area contributed by atoms with E-state index in [1.807, 2.05) is 13.2 Å². The van der Waals surface area contributed by atoms with Gasteiger partial charge >= 0.3 is 0 Å². The van der Waals surface area contributed by atoms with E-state index in [9.17, 15) is 10.2 Å². The number of methoxy groups -OCH3 is 1. The van der Waals surface area contributed by atoms with Gasteiger partial charge in [-0.3, -0.25) is 4.90 Å². The summed E-state index contributed by atoms with van der Waals surface area (Å²) in [5, 5.41) is 23.9. The third kappa shape index (κ3) is 2.01. The molecule has 1 aromatic rings. The van der Waals surface area contributed by atoms with Crippen molar-refractivity contribution in [2.24, 2.45) is 34.0 Å². The molecule has 2 spiro atoms. The first-order valence-electron chi connectivity index (χ1n) is 14.8. The first kappa shape index (κ1) is 23.6. The summed E-state index contributed by atoms with van der Waals surface area (Å²) in [7, 11) is 1.86. The number of hydrogen-bond acceptors (Lipinski definition) is 5. The van der Waals surface area contributed by atoms with Gasteiger partial charge in [0.2, 0.25) is 0 Å². The number of aliphatic hydroxyl groups is 1. The van der Waals surface area contributed by atoms with Crippen LogP contribution in [0.1, 0.15) is 84.8 Å². The van der Waals surface area contributed by atoms with Crippen molar-refractivity contribution in [3.05, 3.63) is 23.3 Å². The maximum atomic E-state index is 12.6. The zero-order valence-corrected chi connectivity index (χ0v) is 23.8. The fraction of sp³-hybridized carbons (Fsp3) is 0.812. The lowest BCUT2D eigenvalue weighted by Crippen LogP contribution is -2.88. The van der Waals surface area contributed by atoms with E-state index in [1.165, 1.54) is 30.5 Å². The van der Waals surface area contributed by atoms with Gasteiger partial charge in [0.05, 0.1) is 11.0 Å². The van der Waals surface area contributed by atoms with Crippen LogP contribution in [0.25, 0.3) is 0 Å². The van der Waals surface area contributed by atoms with Crippen molar-refractivity contribution in [3.8, 4) is 11.5 Å². The summed E-state index contributed by atoms with van der Waals surface area (Å²) in [6.45, 7) is 15.6. The molecule has 0 radical (unpaired) electrons. The normalized spacial score (nSPS) is 50.2. The second-order valence-electron chi connectivity index (χ2n) is 15.7. The van der Waals surface area contributed by atoms with Crippen LogP contribution in [0.15, 0.2) is 12.1 Å². The first-order valence-corrected chi connectivity index (χ1v) is 14.8. The van der Waals surface area contributed by atoms with Gasteiger partial charge in [-0.1, -0.05) is 33.8 Å². The zero-order valence-electron chi connectivity index (χ0n) is 23.8. The standard InChI is InChI=1S/C32H45NO4/c1-26(2,3)28(5,35)27(4)17-30-12-13-31(27,36-7)29(6)32(30)21-16-33(15-18-8-9-18)25(30)20(21)14-19-10-11-22(34)24(37-29)23(19)32/h10-11,18,20-21,25,34-35H,8-9,12-17H2,1-7H3/t20?,21?,25-,27-,28-,29-,30-,31-,32?/m1/s1. The van der Waals surface area contributed by atoms with Gasteiger partial charge in [0.25, 0.3) is 0 Å². The molecule has 2 heterocycles. The summed E-state index contributed by atoms with van der Waals surface area (Å²) in [4.78, 5) is 2.89. The molecule has 6 fully saturated rings. The lowest BCUT2D eigenvalue weighted by atomic mass is 9.29. The first-order chi connectivity index (χ1) is 17.3. The van der Waals surface area contributed by atoms with E-state index in [-0.39, 0.29) is 22.0 Å². The van der Waals surface area contributed by atoms with E-state index < -0.39 is 22.2 Å². The van der Waals surface area contributed by atoms with Crippen LogP contribution >= 0.6 is 0 Å². The fourth-order valence-corrected chi connectivity index (χ4v) is 12.5. The minimum atomic E-state index is -0.992. The number of ether oxygens (including phenoxy) is 2. The lowest BCUT2D eigenvalue weighted by molar-refractivity contribution is -0.371. The van der Waals surface area contributed by atoms with Crippen LogP contribution in [0.3, 0.4) is 0 Å². The average Bonchev–Trinajstić information content (AvgIpc) is 3.44. The number of piperidine rings is 1. The molecule has 0 aromatic heterocycles. The van der Waals surface area contributed by atoms with Gasteiger partial charge < -0.3 is 19.7 Å². The Morgan fingerprint density at radius 2 is 1.86 bits per heavy atom. The van der Waals surface area contributed by atoms with E-state index in [2.05, 4.69) is 52.5 Å². The molecule has 9 atom stereocenters. The second kappa shape index (κ2) is 6.20. The number of likely N-dealkylation sites (tertiary alicyclic amines) is 1. The second-order valence-corrected chi connectivity index (χ2v) is 15.7. The third-order valence-electron chi connectivity index (χ3n) is 14.1. The third-order valence-corrected chi connectivity index (χ3v) is 14.1. The molecule has 9 rings (SSSR count). The summed E-state index contributed by atoms with van der Waals surface area (Å²) in [5.41, 5.74) is -0.745. The Labute approximate surface area is 221 Å². The molecule has 37 heavy (non-hydrogen) atoms. The molecule has 2 N–H and O–H groups in total. The highest BCUT2D eigenvalue weighted by Gasteiger charge is 2.94. The SMILES string of the molecule is CO[C@]12CC[C@@]3(C[C@]1(C)[C@](C)(O)C(C)(C)C)[C@H]1C4Cc5ccc(O)c6c5C3(C4CN1CC1CC1)[C@]2(C)O6. The van der Waals surface area contributed by atoms with Crippen molar-refractivity contribution in [2.45, 2.75) is 108 Å². The summed E-state index contributed by atoms with van der Waals surface area (Å²) >= 11 is 0. The Morgan fingerprint density at radius 1 is 1.14 bits per heavy atom. The molecular weight excluding hydrogens is 462 g/mol. The van der Waals surface area contributed by atoms with Gasteiger partial charge in [-0.05, 0) is 87.2 Å². The largest absolute Gasteiger partial charge is 0.504 e. The van der Waals surface area contributed by atoms with Gasteiger partial charge in [-0.25, -0.2) is 0 Å². The maximum absolute atomic E-state index is 12.6. The Morgan fingerprint density at radius 3 is 2.51 bits per heavy atom. The Bertz CT molecular complexity index is 1230. The molecule has 6 aliphatic carbocycles. The van der Waals surface area contributed by atoms with Crippen molar-refractivity contribution in [1.29, 1.82) is 0 Å². The van der Waals surface area contributed by atoms with Crippen molar-refractivity contribution in [3.63, 3.8) is 0 Å². The van der Waals surface area contributed by atoms with E-state index in [0.29, 0.717) is 23.6 Å². The molecule has 1 aromatic carbocycles. The predicted molar refractivity (Wildman–Crippen MR) is 142 cm³/mol. The number of rotatable bonds is 4. The topological polar surface area (TPSA) is 62.2 Å². The number of hydrogen-bond donors (Lipinski definition) is 2. The molecule has 2 aliphatic heterocycles. The number of phenols is 1. The zero-order chi connectivity index (χ0) is 26.2. The molecule has 3 unspecified atom stereocenters. The van der Waals surface area contributed by atoms with Crippen LogP contribution in [0.2, 0.25) is 0 Å². The minimum Gasteiger partial charge on any atom is -0.504 e. The van der Waals surface area contributed by atoms with Crippen molar-refractivity contribution in [2.75, 3.05) is 20.2 Å². The van der Waals surface area contributed by atoms with Gasteiger partial charge in [-0.2, -0.15) is 0 Å². The van der Waals surface area contributed by atoms with Gasteiger partial charge in [0.15, 0.2) is 11.5 Å². The molecule has 5 nitrogen and oxygen atoms in total. The molecule has 6 bridgehead atoms. The number of benzene rings is 1. The number of phenolic OH excluding ortho intramolecular Hbond substituents is 1. The Kier molecular flexibility index (Phi) is 3.95. The number of nitrogens with zero attached hydrogens (tertiary/aromatic N) is 1. The molecule has 1 saturated heterocycles. The molecule has 8 aliphatic rings. The van der Waals surface area contributed by atoms with Gasteiger partial charge in [0, 0.05) is 42.6 Å². The van der Waals surface area contributed by atoms with E-state index in [0.717, 1.165) is 38.1 Å². The van der Waals surface area contributed by atoms with Crippen LogP contribution < -0.4 is 4.74 Å². The lowest BCUT2D eigenvalue weighted by Gasteiger charge is -2.79. The molecule has 202 valence electrons. The maximum Gasteiger partial charge on any atom is 0.166 e. The van der Waals surface area contributed by atoms with Crippen LogP contribution in [0.4, 0.5) is 0 Å². The van der Waals surface area contributed by atoms with Gasteiger partial charge in [0.1, 0.15) is 11.2 Å². The minimum absolute atomic E-state index is 0.0151. The van der Waals surface area contributed by atoms with E-state index >= 15 is 0 Å². The van der Waals surface area contributed by atoms with Crippen molar-refractivity contribution in [1.82, 2.24) is 4.90 Å². The van der Waals surface area contributed by atoms with Crippen LogP contribution in [-0.2, 0) is 16.6 Å². The predicted octanol–water partition coefficient (Wildman–Crippen LogP) is 5.05. The molecule has 5 saturated carbocycles. The Balaban J connectivity index is 1.46. The fourth-order valence-electron chi connectivity index (χ4n) is 12.5. The molecular formula is C32H45NO4. The monoisotopic (exact) mass is 507 g/mol. The number of fused-ring (bicyclic) bond motifs is 2. The highest BCUT2D eigenvalue weighted by molar-refractivity contribution is 5.67. The summed E-state index contributed by atoms with van der Waals surface area (Å²) in [6.07, 6.45) is 6.74. The average molecular weight is 508 g/mol. The highest BCUT2D eigenvalue weighted by Crippen LogP contribution is 2.88. The quantitative estimate of drug-likeness (QED) is 0.597. The molecule has 5 heteroatoms. The van der Waals surface area contributed by atoms with Crippen molar-refractivity contribution >= 4 is 0 Å². The highest BCUT2D eigenvalue weighted by atomic mass is 16.6. The van der Waals surface area contributed by atoms with Crippen LogP contribution in [0.5, 0.6) is 11.5 Å².